The molecule has 2 heterocycles. The molecule has 0 fully saturated rings. The molecular weight excluding hydrogens is 330 g/mol. The Labute approximate surface area is 149 Å². The first-order valence-electron chi connectivity index (χ1n) is 8.13. The van der Waals surface area contributed by atoms with Crippen LogP contribution in [0.5, 0.6) is 17.2 Å². The number of methoxy groups -OCH3 is 1. The Morgan fingerprint density at radius 1 is 1.19 bits per heavy atom. The molecule has 0 amide bonds. The molecule has 0 radical (unpaired) electrons. The van der Waals surface area contributed by atoms with Gasteiger partial charge in [0.15, 0.2) is 5.75 Å². The molecule has 0 aliphatic rings. The van der Waals surface area contributed by atoms with Crippen LogP contribution in [-0.2, 0) is 6.42 Å². The van der Waals surface area contributed by atoms with Gasteiger partial charge in [0.05, 0.1) is 7.11 Å². The Morgan fingerprint density at radius 3 is 2.92 bits per heavy atom. The lowest BCUT2D eigenvalue weighted by atomic mass is 10.1. The molecule has 2 aromatic carbocycles. The maximum atomic E-state index is 10.4. The van der Waals surface area contributed by atoms with Crippen LogP contribution in [0.4, 0.5) is 5.69 Å². The van der Waals surface area contributed by atoms with Crippen LogP contribution in [0, 0.1) is 0 Å². The second kappa shape index (κ2) is 6.40. The molecule has 0 saturated heterocycles. The standard InChI is InChI=1S/C20H17N3O3/c1-26-13-4-5-16-15(9-13)12(11-23-16)6-8-21-17-10-18(24)14-3-2-7-22-19(14)20(17)25/h2-5,7-11,23-25H,6H2,1H3. The molecule has 2 aromatic heterocycles. The second-order valence-electron chi connectivity index (χ2n) is 5.90. The molecule has 0 saturated carbocycles. The summed E-state index contributed by atoms with van der Waals surface area (Å²) >= 11 is 0. The first-order chi connectivity index (χ1) is 12.7. The van der Waals surface area contributed by atoms with E-state index in [0.29, 0.717) is 17.3 Å². The van der Waals surface area contributed by atoms with Crippen molar-refractivity contribution in [1.29, 1.82) is 0 Å². The minimum Gasteiger partial charge on any atom is -0.507 e. The highest BCUT2D eigenvalue weighted by molar-refractivity contribution is 5.94. The molecule has 6 nitrogen and oxygen atoms in total. The second-order valence-corrected chi connectivity index (χ2v) is 5.90. The molecule has 6 heteroatoms. The van der Waals surface area contributed by atoms with E-state index in [4.69, 9.17) is 4.74 Å². The fourth-order valence-electron chi connectivity index (χ4n) is 2.99. The van der Waals surface area contributed by atoms with E-state index in [1.54, 1.807) is 31.7 Å². The number of hydrogen-bond acceptors (Lipinski definition) is 5. The Balaban J connectivity index is 1.65. The summed E-state index contributed by atoms with van der Waals surface area (Å²) in [7, 11) is 1.64. The molecule has 0 spiro atoms. The fraction of sp³-hybridized carbons (Fsp3) is 0.100. The van der Waals surface area contributed by atoms with Crippen molar-refractivity contribution >= 4 is 33.7 Å². The zero-order valence-electron chi connectivity index (χ0n) is 14.1. The minimum absolute atomic E-state index is 0.0369. The van der Waals surface area contributed by atoms with Crippen LogP contribution >= 0.6 is 0 Å². The average molecular weight is 347 g/mol. The van der Waals surface area contributed by atoms with E-state index in [1.165, 1.54) is 6.07 Å². The third-order valence-corrected chi connectivity index (χ3v) is 4.34. The summed E-state index contributed by atoms with van der Waals surface area (Å²) < 4.78 is 5.27. The van der Waals surface area contributed by atoms with Gasteiger partial charge in [0.25, 0.3) is 0 Å². The van der Waals surface area contributed by atoms with Gasteiger partial charge in [0.2, 0.25) is 0 Å². The number of aromatic amines is 1. The van der Waals surface area contributed by atoms with E-state index in [9.17, 15) is 10.2 Å². The molecule has 0 aliphatic heterocycles. The quantitative estimate of drug-likeness (QED) is 0.383. The third kappa shape index (κ3) is 2.71. The van der Waals surface area contributed by atoms with Crippen molar-refractivity contribution in [3.8, 4) is 17.2 Å². The number of aromatic hydroxyl groups is 2. The smallest absolute Gasteiger partial charge is 0.168 e. The minimum atomic E-state index is -0.0461. The van der Waals surface area contributed by atoms with E-state index < -0.39 is 0 Å². The van der Waals surface area contributed by atoms with Crippen molar-refractivity contribution in [2.75, 3.05) is 7.11 Å². The van der Waals surface area contributed by atoms with Crippen LogP contribution < -0.4 is 4.74 Å². The summed E-state index contributed by atoms with van der Waals surface area (Å²) in [5.74, 6) is 0.781. The Hall–Kier alpha value is -3.54. The van der Waals surface area contributed by atoms with Crippen molar-refractivity contribution < 1.29 is 14.9 Å². The lowest BCUT2D eigenvalue weighted by Crippen LogP contribution is -1.86. The molecule has 26 heavy (non-hydrogen) atoms. The number of aliphatic imine (C=N–C) groups is 1. The first kappa shape index (κ1) is 16.0. The highest BCUT2D eigenvalue weighted by Gasteiger charge is 2.11. The maximum Gasteiger partial charge on any atom is 0.168 e. The highest BCUT2D eigenvalue weighted by Crippen LogP contribution is 2.38. The summed E-state index contributed by atoms with van der Waals surface area (Å²) in [5, 5.41) is 22.0. The predicted octanol–water partition coefficient (Wildman–Crippen LogP) is 4.08. The molecular formula is C20H17N3O3. The largest absolute Gasteiger partial charge is 0.507 e. The number of phenols is 2. The van der Waals surface area contributed by atoms with Gasteiger partial charge in [-0.3, -0.25) is 9.98 Å². The summed E-state index contributed by atoms with van der Waals surface area (Å²) in [5.41, 5.74) is 2.69. The number of benzene rings is 2. The van der Waals surface area contributed by atoms with Gasteiger partial charge in [-0.15, -0.1) is 0 Å². The van der Waals surface area contributed by atoms with Crippen molar-refractivity contribution in [2.24, 2.45) is 4.99 Å². The van der Waals surface area contributed by atoms with Crippen molar-refractivity contribution in [3.05, 3.63) is 54.4 Å². The molecule has 4 rings (SSSR count). The van der Waals surface area contributed by atoms with Gasteiger partial charge >= 0.3 is 0 Å². The number of fused-ring (bicyclic) bond motifs is 2. The monoisotopic (exact) mass is 347 g/mol. The molecule has 0 unspecified atom stereocenters. The van der Waals surface area contributed by atoms with Gasteiger partial charge in [-0.25, -0.2) is 0 Å². The van der Waals surface area contributed by atoms with Gasteiger partial charge in [0.1, 0.15) is 22.7 Å². The number of pyridine rings is 1. The Kier molecular flexibility index (Phi) is 3.93. The third-order valence-electron chi connectivity index (χ3n) is 4.34. The first-order valence-corrected chi connectivity index (χ1v) is 8.13. The summed E-state index contributed by atoms with van der Waals surface area (Å²) in [6, 6.07) is 10.7. The van der Waals surface area contributed by atoms with E-state index in [1.807, 2.05) is 24.4 Å². The van der Waals surface area contributed by atoms with E-state index in [-0.39, 0.29) is 17.2 Å². The van der Waals surface area contributed by atoms with Crippen LogP contribution in [0.25, 0.3) is 21.8 Å². The average Bonchev–Trinajstić information content (AvgIpc) is 3.08. The van der Waals surface area contributed by atoms with Crippen molar-refractivity contribution in [3.63, 3.8) is 0 Å². The number of rotatable bonds is 4. The zero-order chi connectivity index (χ0) is 18.1. The van der Waals surface area contributed by atoms with Crippen LogP contribution in [0.1, 0.15) is 5.56 Å². The Bertz CT molecular complexity index is 1130. The number of nitrogens with zero attached hydrogens (tertiary/aromatic N) is 2. The molecule has 4 aromatic rings. The maximum absolute atomic E-state index is 10.4. The van der Waals surface area contributed by atoms with Crippen LogP contribution in [0.3, 0.4) is 0 Å². The number of ether oxygens (including phenoxy) is 1. The van der Waals surface area contributed by atoms with Gasteiger partial charge in [0, 0.05) is 47.4 Å². The van der Waals surface area contributed by atoms with E-state index in [0.717, 1.165) is 22.2 Å². The van der Waals surface area contributed by atoms with Crippen LogP contribution in [0.2, 0.25) is 0 Å². The molecule has 0 atom stereocenters. The number of nitrogens with one attached hydrogen (secondary N) is 1. The van der Waals surface area contributed by atoms with Crippen molar-refractivity contribution in [2.45, 2.75) is 6.42 Å². The van der Waals surface area contributed by atoms with Gasteiger partial charge in [-0.05, 0) is 35.9 Å². The SMILES string of the molecule is COc1ccc2[nH]cc(CC=Nc3cc(O)c4cccnc4c3O)c2c1. The van der Waals surface area contributed by atoms with Gasteiger partial charge < -0.3 is 19.9 Å². The zero-order valence-corrected chi connectivity index (χ0v) is 14.1. The number of hydrogen-bond donors (Lipinski definition) is 3. The van der Waals surface area contributed by atoms with Crippen LogP contribution in [-0.4, -0.2) is 33.5 Å². The van der Waals surface area contributed by atoms with Gasteiger partial charge in [-0.2, -0.15) is 0 Å². The number of H-pyrrole nitrogens is 1. The van der Waals surface area contributed by atoms with E-state index >= 15 is 0 Å². The molecule has 0 bridgehead atoms. The van der Waals surface area contributed by atoms with Gasteiger partial charge in [-0.1, -0.05) is 0 Å². The molecule has 3 N–H and O–H groups in total. The fourth-order valence-corrected chi connectivity index (χ4v) is 2.99. The van der Waals surface area contributed by atoms with Crippen molar-refractivity contribution in [1.82, 2.24) is 9.97 Å². The van der Waals surface area contributed by atoms with Crippen LogP contribution in [0.15, 0.2) is 53.8 Å². The Morgan fingerprint density at radius 2 is 2.08 bits per heavy atom. The summed E-state index contributed by atoms with van der Waals surface area (Å²) in [6.45, 7) is 0. The molecule has 130 valence electrons. The topological polar surface area (TPSA) is 90.7 Å². The normalized spacial score (nSPS) is 11.6. The number of phenolic OH excluding ortho intramolecular Hbond substituents is 2. The van der Waals surface area contributed by atoms with E-state index in [2.05, 4.69) is 15.0 Å². The highest BCUT2D eigenvalue weighted by atomic mass is 16.5. The lowest BCUT2D eigenvalue weighted by molar-refractivity contribution is 0.415. The molecule has 0 aliphatic carbocycles. The predicted molar refractivity (Wildman–Crippen MR) is 102 cm³/mol. The summed E-state index contributed by atoms with van der Waals surface area (Å²) in [4.78, 5) is 11.7. The lowest BCUT2D eigenvalue weighted by Gasteiger charge is -2.05. The summed E-state index contributed by atoms with van der Waals surface area (Å²) in [6.07, 6.45) is 5.75. The number of aromatic nitrogens is 2.